The normalized spacial score (nSPS) is 14.5. The highest BCUT2D eigenvalue weighted by molar-refractivity contribution is 5.97. The van der Waals surface area contributed by atoms with E-state index < -0.39 is 11.2 Å². The number of nitrogens with zero attached hydrogens (tertiary/aromatic N) is 1. The SMILES string of the molecule is CC(O)(O)c1ccc(-c2ccccc2N(c2c#cc3c(c2)C2(c4ccccc4-3)c3ccccc3-c3ccccc32)c2ccc3c(c2)C(C)(C)c2ccccc2-3)cc1. The number of benzene rings is 7. The number of anilines is 3. The second-order valence-electron chi connectivity index (χ2n) is 16.3. The van der Waals surface area contributed by atoms with Gasteiger partial charge in [-0.25, -0.2) is 0 Å². The van der Waals surface area contributed by atoms with E-state index >= 15 is 0 Å². The van der Waals surface area contributed by atoms with Gasteiger partial charge in [0.15, 0.2) is 5.79 Å². The Balaban J connectivity index is 1.18. The molecule has 0 aromatic heterocycles. The molecule has 0 saturated heterocycles. The van der Waals surface area contributed by atoms with Gasteiger partial charge in [-0.1, -0.05) is 166 Å². The van der Waals surface area contributed by atoms with Crippen molar-refractivity contribution < 1.29 is 10.2 Å². The Morgan fingerprint density at radius 2 is 0.982 bits per heavy atom. The van der Waals surface area contributed by atoms with Crippen LogP contribution in [0.5, 0.6) is 0 Å². The molecular formula is C54H39NO2. The lowest BCUT2D eigenvalue weighted by atomic mass is 9.70. The molecule has 272 valence electrons. The zero-order valence-corrected chi connectivity index (χ0v) is 32.0. The van der Waals surface area contributed by atoms with Crippen LogP contribution in [0, 0.1) is 12.1 Å². The van der Waals surface area contributed by atoms with Gasteiger partial charge in [0.1, 0.15) is 0 Å². The first-order chi connectivity index (χ1) is 27.7. The fourth-order valence-corrected chi connectivity index (χ4v) is 10.2. The van der Waals surface area contributed by atoms with E-state index in [9.17, 15) is 10.2 Å². The van der Waals surface area contributed by atoms with Crippen molar-refractivity contribution in [3.63, 3.8) is 0 Å². The maximum Gasteiger partial charge on any atom is 0.186 e. The van der Waals surface area contributed by atoms with E-state index in [1.165, 1.54) is 68.1 Å². The number of hydrogen-bond donors (Lipinski definition) is 2. The summed E-state index contributed by atoms with van der Waals surface area (Å²) >= 11 is 0. The molecule has 0 saturated carbocycles. The minimum absolute atomic E-state index is 0.194. The van der Waals surface area contributed by atoms with Gasteiger partial charge in [-0.05, 0) is 104 Å². The lowest BCUT2D eigenvalue weighted by Gasteiger charge is -2.32. The quantitative estimate of drug-likeness (QED) is 0.173. The molecule has 0 amide bonds. The van der Waals surface area contributed by atoms with Crippen molar-refractivity contribution in [2.75, 3.05) is 4.90 Å². The Kier molecular flexibility index (Phi) is 7.02. The van der Waals surface area contributed by atoms with Crippen LogP contribution in [0.15, 0.2) is 170 Å². The summed E-state index contributed by atoms with van der Waals surface area (Å²) in [4.78, 5) is 2.34. The number of para-hydroxylation sites is 1. The van der Waals surface area contributed by atoms with Gasteiger partial charge in [0.25, 0.3) is 0 Å². The number of hydrogen-bond acceptors (Lipinski definition) is 3. The minimum Gasteiger partial charge on any atom is -0.362 e. The lowest BCUT2D eigenvalue weighted by Crippen LogP contribution is -2.26. The summed E-state index contributed by atoms with van der Waals surface area (Å²) in [6.07, 6.45) is 0. The molecule has 0 fully saturated rings. The predicted octanol–water partition coefficient (Wildman–Crippen LogP) is 12.2. The van der Waals surface area contributed by atoms with Crippen LogP contribution in [0.1, 0.15) is 59.7 Å². The van der Waals surface area contributed by atoms with Gasteiger partial charge < -0.3 is 15.1 Å². The Labute approximate surface area is 333 Å². The van der Waals surface area contributed by atoms with Crippen molar-refractivity contribution in [1.82, 2.24) is 0 Å². The molecule has 1 spiro atoms. The molecule has 3 aliphatic rings. The van der Waals surface area contributed by atoms with Crippen LogP contribution in [-0.4, -0.2) is 10.2 Å². The van der Waals surface area contributed by atoms with E-state index in [-0.39, 0.29) is 5.41 Å². The summed E-state index contributed by atoms with van der Waals surface area (Å²) in [5.74, 6) is -1.93. The van der Waals surface area contributed by atoms with E-state index in [0.29, 0.717) is 5.56 Å². The van der Waals surface area contributed by atoms with E-state index in [0.717, 1.165) is 33.8 Å². The largest absolute Gasteiger partial charge is 0.362 e. The molecule has 8 aromatic rings. The van der Waals surface area contributed by atoms with Crippen molar-refractivity contribution in [3.05, 3.63) is 221 Å². The molecule has 0 atom stereocenters. The molecule has 0 radical (unpaired) electrons. The summed E-state index contributed by atoms with van der Waals surface area (Å²) in [6, 6.07) is 68.0. The summed E-state index contributed by atoms with van der Waals surface area (Å²) in [6.45, 7) is 6.03. The van der Waals surface area contributed by atoms with Crippen molar-refractivity contribution in [1.29, 1.82) is 0 Å². The molecular weight excluding hydrogens is 695 g/mol. The third kappa shape index (κ3) is 4.63. The fourth-order valence-electron chi connectivity index (χ4n) is 10.2. The maximum absolute atomic E-state index is 10.4. The summed E-state index contributed by atoms with van der Waals surface area (Å²) in [5.41, 5.74) is 19.6. The fraction of sp³-hybridized carbons (Fsp3) is 0.111. The van der Waals surface area contributed by atoms with E-state index in [1.54, 1.807) is 12.1 Å². The van der Waals surface area contributed by atoms with Gasteiger partial charge in [-0.15, -0.1) is 0 Å². The van der Waals surface area contributed by atoms with E-state index in [2.05, 4.69) is 176 Å². The van der Waals surface area contributed by atoms with Crippen LogP contribution < -0.4 is 4.90 Å². The number of aliphatic hydroxyl groups is 2. The van der Waals surface area contributed by atoms with Crippen molar-refractivity contribution in [2.45, 2.75) is 37.4 Å². The molecule has 2 N–H and O–H groups in total. The van der Waals surface area contributed by atoms with Crippen LogP contribution in [-0.2, 0) is 16.6 Å². The first-order valence-electron chi connectivity index (χ1n) is 19.6. The molecule has 3 aliphatic carbocycles. The van der Waals surface area contributed by atoms with Crippen LogP contribution in [0.4, 0.5) is 17.1 Å². The number of rotatable bonds is 5. The first kappa shape index (κ1) is 33.6. The molecule has 3 heteroatoms. The standard InChI is InChI=1S/C54H39NO2/c1-52(2)45-19-9-4-15-39(45)43-30-28-36(32-49(43)52)55(51-23-13-8-14-38(51)34-24-26-35(27-25-34)53(3,56)57)37-29-31-44-42-18-7-12-22-48(42)54(50(44)33-37)46-20-10-5-16-40(46)41-17-6-11-21-47(41)54/h4-28,30,32-33,56-57H,1-3H3. The summed E-state index contributed by atoms with van der Waals surface area (Å²) in [7, 11) is 0. The van der Waals surface area contributed by atoms with Crippen molar-refractivity contribution in [2.24, 2.45) is 0 Å². The van der Waals surface area contributed by atoms with E-state index in [4.69, 9.17) is 0 Å². The molecule has 3 nitrogen and oxygen atoms in total. The van der Waals surface area contributed by atoms with Gasteiger partial charge in [-0.2, -0.15) is 0 Å². The second kappa shape index (κ2) is 11.9. The van der Waals surface area contributed by atoms with Gasteiger partial charge in [0.2, 0.25) is 0 Å². The monoisotopic (exact) mass is 733 g/mol. The van der Waals surface area contributed by atoms with Gasteiger partial charge in [-0.3, -0.25) is 0 Å². The van der Waals surface area contributed by atoms with Crippen LogP contribution in [0.3, 0.4) is 0 Å². The molecule has 11 rings (SSSR count). The van der Waals surface area contributed by atoms with E-state index in [1.807, 2.05) is 12.1 Å². The Morgan fingerprint density at radius 3 is 1.61 bits per heavy atom. The van der Waals surface area contributed by atoms with Crippen LogP contribution in [0.25, 0.3) is 44.5 Å². The highest BCUT2D eigenvalue weighted by Gasteiger charge is 2.52. The molecule has 0 heterocycles. The average molecular weight is 734 g/mol. The topological polar surface area (TPSA) is 43.7 Å². The van der Waals surface area contributed by atoms with Crippen LogP contribution >= 0.6 is 0 Å². The predicted molar refractivity (Wildman–Crippen MR) is 230 cm³/mol. The average Bonchev–Trinajstić information content (AvgIpc) is 3.79. The first-order valence-corrected chi connectivity index (χ1v) is 19.6. The van der Waals surface area contributed by atoms with Crippen LogP contribution in [0.2, 0.25) is 0 Å². The van der Waals surface area contributed by atoms with Gasteiger partial charge in [0, 0.05) is 27.8 Å². The second-order valence-corrected chi connectivity index (χ2v) is 16.3. The summed E-state index contributed by atoms with van der Waals surface area (Å²) in [5, 5.41) is 20.7. The van der Waals surface area contributed by atoms with Crippen molar-refractivity contribution >= 4 is 17.1 Å². The molecule has 0 aliphatic heterocycles. The molecule has 8 aromatic carbocycles. The zero-order chi connectivity index (χ0) is 38.7. The highest BCUT2D eigenvalue weighted by Crippen LogP contribution is 2.63. The molecule has 0 bridgehead atoms. The Morgan fingerprint density at radius 1 is 0.474 bits per heavy atom. The smallest absolute Gasteiger partial charge is 0.186 e. The maximum atomic E-state index is 10.4. The van der Waals surface area contributed by atoms with Gasteiger partial charge in [0.05, 0.1) is 16.8 Å². The molecule has 0 unspecified atom stereocenters. The summed E-state index contributed by atoms with van der Waals surface area (Å²) < 4.78 is 0. The Hall–Kier alpha value is -6.70. The molecule has 57 heavy (non-hydrogen) atoms. The van der Waals surface area contributed by atoms with Gasteiger partial charge >= 0.3 is 0 Å². The highest BCUT2D eigenvalue weighted by atomic mass is 16.5. The third-order valence-corrected chi connectivity index (χ3v) is 12.8. The van der Waals surface area contributed by atoms with Crippen molar-refractivity contribution in [3.8, 4) is 44.5 Å². The third-order valence-electron chi connectivity index (χ3n) is 12.8. The Bertz CT molecular complexity index is 2870. The minimum atomic E-state index is -1.93. The lowest BCUT2D eigenvalue weighted by molar-refractivity contribution is -0.152. The number of fused-ring (bicyclic) bond motifs is 13. The zero-order valence-electron chi connectivity index (χ0n) is 32.0.